The molecule has 7 nitrogen and oxygen atoms in total. The van der Waals surface area contributed by atoms with E-state index in [1.807, 2.05) is 0 Å². The Morgan fingerprint density at radius 3 is 2.59 bits per heavy atom. The van der Waals surface area contributed by atoms with E-state index in [-0.39, 0.29) is 17.9 Å². The number of halogens is 1. The molecule has 0 atom stereocenters. The van der Waals surface area contributed by atoms with E-state index in [9.17, 15) is 18.8 Å². The molecule has 0 radical (unpaired) electrons. The van der Waals surface area contributed by atoms with Gasteiger partial charge in [-0.25, -0.2) is 9.07 Å². The Balaban J connectivity index is 2.11. The molecule has 1 aliphatic rings. The summed E-state index contributed by atoms with van der Waals surface area (Å²) in [6.45, 7) is 0.854. The molecule has 0 saturated carbocycles. The van der Waals surface area contributed by atoms with Crippen LogP contribution in [0.2, 0.25) is 0 Å². The van der Waals surface area contributed by atoms with Crippen LogP contribution in [0.4, 0.5) is 10.2 Å². The number of imide groups is 1. The number of benzene rings is 1. The molecule has 0 unspecified atom stereocenters. The zero-order chi connectivity index (χ0) is 15.9. The normalized spacial score (nSPS) is 14.4. The van der Waals surface area contributed by atoms with Crippen LogP contribution < -0.4 is 5.32 Å². The van der Waals surface area contributed by atoms with Crippen molar-refractivity contribution in [2.24, 2.45) is 0 Å². The molecule has 3 rings (SSSR count). The molecule has 22 heavy (non-hydrogen) atoms. The third-order valence-electron chi connectivity index (χ3n) is 3.26. The number of rotatable bonds is 1. The highest BCUT2D eigenvalue weighted by Gasteiger charge is 2.31. The first kappa shape index (κ1) is 13.9. The quantitative estimate of drug-likeness (QED) is 0.850. The second-order valence-corrected chi connectivity index (χ2v) is 4.75. The average Bonchev–Trinajstić information content (AvgIpc) is 2.83. The van der Waals surface area contributed by atoms with Crippen molar-refractivity contribution >= 4 is 23.5 Å². The fraction of sp³-hybridized carbons (Fsp3) is 0.143. The second kappa shape index (κ2) is 5.06. The van der Waals surface area contributed by atoms with Crippen LogP contribution in [0, 0.1) is 5.82 Å². The zero-order valence-corrected chi connectivity index (χ0v) is 11.5. The monoisotopic (exact) mass is 302 g/mol. The molecule has 8 heteroatoms. The van der Waals surface area contributed by atoms with Crippen molar-refractivity contribution < 1.29 is 18.8 Å². The van der Waals surface area contributed by atoms with Gasteiger partial charge in [-0.05, 0) is 24.3 Å². The summed E-state index contributed by atoms with van der Waals surface area (Å²) in [4.78, 5) is 36.5. The fourth-order valence-electron chi connectivity index (χ4n) is 2.19. The zero-order valence-electron chi connectivity index (χ0n) is 11.5. The smallest absolute Gasteiger partial charge is 0.266 e. The van der Waals surface area contributed by atoms with Crippen LogP contribution >= 0.6 is 0 Å². The summed E-state index contributed by atoms with van der Waals surface area (Å²) >= 11 is 0. The molecule has 112 valence electrons. The van der Waals surface area contributed by atoms with Crippen molar-refractivity contribution in [2.75, 3.05) is 11.9 Å². The number of nitrogens with one attached hydrogen (secondary N) is 1. The van der Waals surface area contributed by atoms with Gasteiger partial charge >= 0.3 is 0 Å². The van der Waals surface area contributed by atoms with Gasteiger partial charge in [-0.3, -0.25) is 19.3 Å². The van der Waals surface area contributed by atoms with E-state index in [1.54, 1.807) is 0 Å². The Morgan fingerprint density at radius 2 is 1.95 bits per heavy atom. The largest absolute Gasteiger partial charge is 0.308 e. The minimum absolute atomic E-state index is 0.102. The molecule has 0 fully saturated rings. The third-order valence-corrected chi connectivity index (χ3v) is 3.26. The van der Waals surface area contributed by atoms with Crippen LogP contribution in [0.15, 0.2) is 30.5 Å². The van der Waals surface area contributed by atoms with Gasteiger partial charge in [0.05, 0.1) is 11.9 Å². The molecule has 2 aromatic rings. The summed E-state index contributed by atoms with van der Waals surface area (Å²) in [6.07, 6.45) is 1.27. The van der Waals surface area contributed by atoms with Crippen LogP contribution in [0.3, 0.4) is 0 Å². The molecular weight excluding hydrogens is 291 g/mol. The first-order valence-electron chi connectivity index (χ1n) is 6.43. The summed E-state index contributed by atoms with van der Waals surface area (Å²) in [5, 5.41) is 6.59. The van der Waals surface area contributed by atoms with Gasteiger partial charge in [0.25, 0.3) is 5.91 Å². The molecule has 0 spiro atoms. The Morgan fingerprint density at radius 1 is 1.27 bits per heavy atom. The van der Waals surface area contributed by atoms with Crippen LogP contribution in [0.1, 0.15) is 17.3 Å². The predicted octanol–water partition coefficient (Wildman–Crippen LogP) is 0.952. The predicted molar refractivity (Wildman–Crippen MR) is 73.9 cm³/mol. The van der Waals surface area contributed by atoms with Crippen LogP contribution in [0.25, 0.3) is 5.69 Å². The maximum absolute atomic E-state index is 13.0. The Hall–Kier alpha value is -3.03. The van der Waals surface area contributed by atoms with Crippen molar-refractivity contribution in [3.63, 3.8) is 0 Å². The number of fused-ring (bicyclic) bond motifs is 1. The topological polar surface area (TPSA) is 84.3 Å². The first-order valence-corrected chi connectivity index (χ1v) is 6.43. The highest BCUT2D eigenvalue weighted by Crippen LogP contribution is 2.24. The lowest BCUT2D eigenvalue weighted by molar-refractivity contribution is -0.130. The lowest BCUT2D eigenvalue weighted by Crippen LogP contribution is -2.38. The van der Waals surface area contributed by atoms with Crippen LogP contribution in [0.5, 0.6) is 0 Å². The van der Waals surface area contributed by atoms with Crippen molar-refractivity contribution in [2.45, 2.75) is 6.92 Å². The molecule has 2 heterocycles. The fourth-order valence-corrected chi connectivity index (χ4v) is 2.19. The molecule has 0 saturated heterocycles. The SMILES string of the molecule is CC(=O)N1CC(=O)Nc2c(cnn2-c2ccc(F)cc2)C1=O. The molecule has 1 aliphatic heterocycles. The van der Waals surface area contributed by atoms with E-state index in [4.69, 9.17) is 0 Å². The van der Waals surface area contributed by atoms with Gasteiger partial charge in [0, 0.05) is 6.92 Å². The van der Waals surface area contributed by atoms with Gasteiger partial charge in [-0.2, -0.15) is 5.10 Å². The van der Waals surface area contributed by atoms with Crippen molar-refractivity contribution in [1.82, 2.24) is 14.7 Å². The third kappa shape index (κ3) is 2.24. The molecule has 1 aromatic heterocycles. The lowest BCUT2D eigenvalue weighted by atomic mass is 10.2. The Kier molecular flexibility index (Phi) is 3.21. The van der Waals surface area contributed by atoms with E-state index in [1.165, 1.54) is 42.1 Å². The summed E-state index contributed by atoms with van der Waals surface area (Å²) in [6, 6.07) is 5.41. The molecule has 0 aliphatic carbocycles. The number of carbonyl (C=O) groups is 3. The van der Waals surface area contributed by atoms with E-state index < -0.39 is 23.5 Å². The molecule has 0 bridgehead atoms. The van der Waals surface area contributed by atoms with Gasteiger partial charge in [0.1, 0.15) is 23.7 Å². The summed E-state index contributed by atoms with van der Waals surface area (Å²) in [5.41, 5.74) is 0.581. The number of anilines is 1. The molecule has 1 N–H and O–H groups in total. The molecular formula is C14H11FN4O3. The van der Waals surface area contributed by atoms with Crippen molar-refractivity contribution in [3.8, 4) is 5.69 Å². The highest BCUT2D eigenvalue weighted by molar-refractivity contribution is 6.13. The number of carbonyl (C=O) groups excluding carboxylic acids is 3. The van der Waals surface area contributed by atoms with Crippen LogP contribution in [-0.2, 0) is 9.59 Å². The number of amides is 3. The second-order valence-electron chi connectivity index (χ2n) is 4.75. The number of hydrogen-bond acceptors (Lipinski definition) is 4. The molecule has 3 amide bonds. The van der Waals surface area contributed by atoms with E-state index in [2.05, 4.69) is 10.4 Å². The minimum atomic E-state index is -0.603. The van der Waals surface area contributed by atoms with Gasteiger partial charge in [0.15, 0.2) is 0 Å². The summed E-state index contributed by atoms with van der Waals surface area (Å²) in [5.74, 6) is -1.89. The highest BCUT2D eigenvalue weighted by atomic mass is 19.1. The van der Waals surface area contributed by atoms with Gasteiger partial charge in [0.2, 0.25) is 11.8 Å². The van der Waals surface area contributed by atoms with Crippen LogP contribution in [-0.4, -0.2) is 38.9 Å². The Labute approximate surface area is 124 Å². The number of aromatic nitrogens is 2. The number of hydrogen-bond donors (Lipinski definition) is 1. The van der Waals surface area contributed by atoms with E-state index in [0.717, 1.165) is 4.90 Å². The van der Waals surface area contributed by atoms with Crippen molar-refractivity contribution in [1.29, 1.82) is 0 Å². The minimum Gasteiger partial charge on any atom is -0.308 e. The van der Waals surface area contributed by atoms with Gasteiger partial charge < -0.3 is 5.32 Å². The summed E-state index contributed by atoms with van der Waals surface area (Å²) in [7, 11) is 0. The number of nitrogens with zero attached hydrogens (tertiary/aromatic N) is 3. The maximum atomic E-state index is 13.0. The van der Waals surface area contributed by atoms with E-state index >= 15 is 0 Å². The van der Waals surface area contributed by atoms with E-state index in [0.29, 0.717) is 5.69 Å². The first-order chi connectivity index (χ1) is 10.5. The van der Waals surface area contributed by atoms with Gasteiger partial charge in [-0.1, -0.05) is 0 Å². The average molecular weight is 302 g/mol. The van der Waals surface area contributed by atoms with Crippen molar-refractivity contribution in [3.05, 3.63) is 41.8 Å². The standard InChI is InChI=1S/C14H11FN4O3/c1-8(20)18-7-12(21)17-13-11(14(18)22)6-16-19(13)10-4-2-9(15)3-5-10/h2-6H,7H2,1H3,(H,17,21). The Bertz CT molecular complexity index is 782. The molecule has 1 aromatic carbocycles. The summed E-state index contributed by atoms with van der Waals surface area (Å²) < 4.78 is 14.3. The maximum Gasteiger partial charge on any atom is 0.266 e. The lowest BCUT2D eigenvalue weighted by Gasteiger charge is -2.13. The van der Waals surface area contributed by atoms with Gasteiger partial charge in [-0.15, -0.1) is 0 Å².